The summed E-state index contributed by atoms with van der Waals surface area (Å²) in [6.45, 7) is 2.18. The molecule has 1 unspecified atom stereocenters. The summed E-state index contributed by atoms with van der Waals surface area (Å²) >= 11 is 0. The summed E-state index contributed by atoms with van der Waals surface area (Å²) in [5, 5.41) is 0. The fraction of sp³-hybridized carbons (Fsp3) is 0.400. The van der Waals surface area contributed by atoms with Crippen molar-refractivity contribution in [3.8, 4) is 0 Å². The first-order chi connectivity index (χ1) is 15.4. The van der Waals surface area contributed by atoms with Gasteiger partial charge in [0.25, 0.3) is 5.91 Å². The predicted molar refractivity (Wildman–Crippen MR) is 118 cm³/mol. The molecule has 0 radical (unpaired) electrons. The van der Waals surface area contributed by atoms with Crippen molar-refractivity contribution in [2.24, 2.45) is 5.92 Å². The van der Waals surface area contributed by atoms with Gasteiger partial charge in [0.05, 0.1) is 0 Å². The first-order valence-corrected chi connectivity index (χ1v) is 11.2. The summed E-state index contributed by atoms with van der Waals surface area (Å²) in [7, 11) is 0. The van der Waals surface area contributed by atoms with Gasteiger partial charge < -0.3 is 15.4 Å². The molecule has 2 atom stereocenters. The SMILES string of the molecule is C[C@@H](C1CC1)N(Cc1ccccc1)C(=O)CN1C(=O)OC2(CCc3cc(N)ccc32)C1=O. The number of amides is 3. The molecule has 7 heteroatoms. The Bertz CT molecular complexity index is 1080. The van der Waals surface area contributed by atoms with E-state index in [1.165, 1.54) is 0 Å². The molecule has 3 amide bonds. The van der Waals surface area contributed by atoms with Gasteiger partial charge in [-0.2, -0.15) is 0 Å². The maximum absolute atomic E-state index is 13.4. The maximum Gasteiger partial charge on any atom is 0.418 e. The molecule has 7 nitrogen and oxygen atoms in total. The Morgan fingerprint density at radius 3 is 2.69 bits per heavy atom. The van der Waals surface area contributed by atoms with E-state index in [0.29, 0.717) is 36.6 Å². The van der Waals surface area contributed by atoms with E-state index in [4.69, 9.17) is 10.5 Å². The number of benzene rings is 2. The number of hydrogen-bond donors (Lipinski definition) is 1. The molecule has 5 rings (SSSR count). The molecule has 166 valence electrons. The molecule has 1 saturated heterocycles. The summed E-state index contributed by atoms with van der Waals surface area (Å²) in [6.07, 6.45) is 2.39. The zero-order valence-corrected chi connectivity index (χ0v) is 18.1. The van der Waals surface area contributed by atoms with Crippen LogP contribution in [0.3, 0.4) is 0 Å². The number of aryl methyl sites for hydroxylation is 1. The Hall–Kier alpha value is -3.35. The van der Waals surface area contributed by atoms with Gasteiger partial charge in [0.15, 0.2) is 0 Å². The highest BCUT2D eigenvalue weighted by molar-refractivity contribution is 6.06. The molecular formula is C25H27N3O4. The van der Waals surface area contributed by atoms with Crippen LogP contribution in [0.2, 0.25) is 0 Å². The fourth-order valence-corrected chi connectivity index (χ4v) is 4.97. The van der Waals surface area contributed by atoms with Gasteiger partial charge in [-0.1, -0.05) is 36.4 Å². The molecule has 1 saturated carbocycles. The van der Waals surface area contributed by atoms with Crippen LogP contribution in [0.1, 0.15) is 42.9 Å². The van der Waals surface area contributed by atoms with Crippen molar-refractivity contribution in [2.45, 2.75) is 50.8 Å². The third-order valence-corrected chi connectivity index (χ3v) is 6.99. The van der Waals surface area contributed by atoms with E-state index in [-0.39, 0.29) is 18.5 Å². The van der Waals surface area contributed by atoms with Crippen molar-refractivity contribution in [2.75, 3.05) is 12.3 Å². The quantitative estimate of drug-likeness (QED) is 0.706. The molecule has 2 aromatic rings. The number of anilines is 1. The van der Waals surface area contributed by atoms with Crippen LogP contribution < -0.4 is 5.73 Å². The number of ether oxygens (including phenoxy) is 1. The minimum absolute atomic E-state index is 0.0422. The molecule has 1 spiro atoms. The second kappa shape index (κ2) is 7.65. The van der Waals surface area contributed by atoms with Crippen LogP contribution in [0.25, 0.3) is 0 Å². The Morgan fingerprint density at radius 2 is 1.97 bits per heavy atom. The molecule has 1 heterocycles. The van der Waals surface area contributed by atoms with Gasteiger partial charge >= 0.3 is 6.09 Å². The number of nitrogens with two attached hydrogens (primary N) is 1. The van der Waals surface area contributed by atoms with Gasteiger partial charge in [0.1, 0.15) is 6.54 Å². The van der Waals surface area contributed by atoms with E-state index >= 15 is 0 Å². The van der Waals surface area contributed by atoms with Crippen LogP contribution in [0.4, 0.5) is 10.5 Å². The van der Waals surface area contributed by atoms with Gasteiger partial charge in [-0.05, 0) is 55.4 Å². The normalized spacial score (nSPS) is 22.7. The highest BCUT2D eigenvalue weighted by Crippen LogP contribution is 2.46. The zero-order valence-electron chi connectivity index (χ0n) is 18.1. The van der Waals surface area contributed by atoms with Gasteiger partial charge in [-0.25, -0.2) is 9.69 Å². The van der Waals surface area contributed by atoms with E-state index in [1.807, 2.05) is 43.3 Å². The molecule has 2 aromatic carbocycles. The first kappa shape index (κ1) is 20.5. The molecule has 32 heavy (non-hydrogen) atoms. The van der Waals surface area contributed by atoms with E-state index in [1.54, 1.807) is 17.0 Å². The molecule has 0 bridgehead atoms. The van der Waals surface area contributed by atoms with Crippen LogP contribution >= 0.6 is 0 Å². The lowest BCUT2D eigenvalue weighted by Crippen LogP contribution is -2.47. The lowest BCUT2D eigenvalue weighted by Gasteiger charge is -2.30. The number of fused-ring (bicyclic) bond motifs is 2. The van der Waals surface area contributed by atoms with Crippen molar-refractivity contribution in [3.63, 3.8) is 0 Å². The number of rotatable bonds is 6. The van der Waals surface area contributed by atoms with Gasteiger partial charge in [0.2, 0.25) is 11.5 Å². The summed E-state index contributed by atoms with van der Waals surface area (Å²) in [4.78, 5) is 42.3. The number of carbonyl (C=O) groups is 3. The van der Waals surface area contributed by atoms with Crippen LogP contribution in [0, 0.1) is 5.92 Å². The van der Waals surface area contributed by atoms with Crippen LogP contribution in [-0.4, -0.2) is 40.3 Å². The molecule has 0 aromatic heterocycles. The van der Waals surface area contributed by atoms with E-state index in [2.05, 4.69) is 0 Å². The molecule has 1 aliphatic heterocycles. The van der Waals surface area contributed by atoms with E-state index < -0.39 is 17.6 Å². The minimum Gasteiger partial charge on any atom is -0.427 e. The molecule has 3 aliphatic rings. The van der Waals surface area contributed by atoms with Crippen LogP contribution in [0.15, 0.2) is 48.5 Å². The largest absolute Gasteiger partial charge is 0.427 e. The highest BCUT2D eigenvalue weighted by atomic mass is 16.6. The van der Waals surface area contributed by atoms with Gasteiger partial charge in [-0.3, -0.25) is 9.59 Å². The standard InChI is InChI=1S/C25H27N3O4/c1-16(18-7-8-18)27(14-17-5-3-2-4-6-17)22(29)15-28-23(30)25(32-24(28)31)12-11-19-13-20(26)9-10-21(19)25/h2-6,9-10,13,16,18H,7-8,11-12,14-15,26H2,1H3/t16-,25?/m0/s1. The summed E-state index contributed by atoms with van der Waals surface area (Å²) in [5.41, 5.74) is 7.74. The van der Waals surface area contributed by atoms with Crippen molar-refractivity contribution >= 4 is 23.6 Å². The smallest absolute Gasteiger partial charge is 0.418 e. The third-order valence-electron chi connectivity index (χ3n) is 6.99. The molecule has 2 aliphatic carbocycles. The summed E-state index contributed by atoms with van der Waals surface area (Å²) in [5.74, 6) is -0.244. The first-order valence-electron chi connectivity index (χ1n) is 11.2. The Balaban J connectivity index is 1.37. The summed E-state index contributed by atoms with van der Waals surface area (Å²) < 4.78 is 5.65. The average molecular weight is 434 g/mol. The number of carbonyl (C=O) groups excluding carboxylic acids is 3. The number of hydrogen-bond acceptors (Lipinski definition) is 5. The highest BCUT2D eigenvalue weighted by Gasteiger charge is 2.58. The second-order valence-corrected chi connectivity index (χ2v) is 9.09. The number of nitrogen functional groups attached to an aromatic ring is 1. The topological polar surface area (TPSA) is 92.9 Å². The van der Waals surface area contributed by atoms with Crippen molar-refractivity contribution in [1.82, 2.24) is 9.80 Å². The summed E-state index contributed by atoms with van der Waals surface area (Å²) in [6, 6.07) is 15.1. The Kier molecular flexibility index (Phi) is 4.92. The predicted octanol–water partition coefficient (Wildman–Crippen LogP) is 3.22. The fourth-order valence-electron chi connectivity index (χ4n) is 4.97. The Labute approximate surface area is 187 Å². The van der Waals surface area contributed by atoms with Crippen LogP contribution in [0.5, 0.6) is 0 Å². The van der Waals surface area contributed by atoms with Crippen molar-refractivity contribution in [3.05, 3.63) is 65.2 Å². The number of imide groups is 1. The van der Waals surface area contributed by atoms with E-state index in [0.717, 1.165) is 28.9 Å². The monoisotopic (exact) mass is 433 g/mol. The Morgan fingerprint density at radius 1 is 1.22 bits per heavy atom. The maximum atomic E-state index is 13.4. The lowest BCUT2D eigenvalue weighted by atomic mass is 9.94. The van der Waals surface area contributed by atoms with E-state index in [9.17, 15) is 14.4 Å². The second-order valence-electron chi connectivity index (χ2n) is 9.09. The molecular weight excluding hydrogens is 406 g/mol. The average Bonchev–Trinajstić information content (AvgIpc) is 3.54. The van der Waals surface area contributed by atoms with Crippen molar-refractivity contribution < 1.29 is 19.1 Å². The molecule has 2 fully saturated rings. The van der Waals surface area contributed by atoms with Crippen molar-refractivity contribution in [1.29, 1.82) is 0 Å². The lowest BCUT2D eigenvalue weighted by molar-refractivity contribution is -0.143. The molecule has 2 N–H and O–H groups in total. The van der Waals surface area contributed by atoms with Gasteiger partial charge in [0, 0.05) is 30.3 Å². The van der Waals surface area contributed by atoms with Crippen LogP contribution in [-0.2, 0) is 32.9 Å². The minimum atomic E-state index is -1.34. The third kappa shape index (κ3) is 3.42. The zero-order chi connectivity index (χ0) is 22.5. The number of nitrogens with zero attached hydrogens (tertiary/aromatic N) is 2. The van der Waals surface area contributed by atoms with Gasteiger partial charge in [-0.15, -0.1) is 0 Å².